The molecule has 0 bridgehead atoms. The molecule has 1 amide bonds. The van der Waals surface area contributed by atoms with Gasteiger partial charge in [-0.25, -0.2) is 8.42 Å². The van der Waals surface area contributed by atoms with Crippen LogP contribution in [0.25, 0.3) is 0 Å². The van der Waals surface area contributed by atoms with Crippen LogP contribution in [0, 0.1) is 0 Å². The van der Waals surface area contributed by atoms with Crippen LogP contribution in [0.1, 0.15) is 5.56 Å². The van der Waals surface area contributed by atoms with E-state index in [1.807, 2.05) is 16.8 Å². The Kier molecular flexibility index (Phi) is 6.79. The average molecular weight is 425 g/mol. The van der Waals surface area contributed by atoms with Crippen molar-refractivity contribution in [3.63, 3.8) is 0 Å². The minimum absolute atomic E-state index is 0.0849. The second kappa shape index (κ2) is 9.28. The number of thiophene rings is 1. The van der Waals surface area contributed by atoms with Crippen molar-refractivity contribution in [3.8, 4) is 0 Å². The van der Waals surface area contributed by atoms with Crippen LogP contribution in [-0.4, -0.2) is 57.5 Å². The Hall–Kier alpha value is -2.27. The molecule has 0 spiro atoms. The molecule has 8 nitrogen and oxygen atoms in total. The molecule has 3 rings (SSSR count). The van der Waals surface area contributed by atoms with E-state index in [1.54, 1.807) is 12.1 Å². The van der Waals surface area contributed by atoms with Crippen LogP contribution < -0.4 is 5.32 Å². The number of anilines is 1. The Balaban J connectivity index is 1.56. The van der Waals surface area contributed by atoms with Crippen LogP contribution in [-0.2, 0) is 35.5 Å². The predicted molar refractivity (Wildman–Crippen MR) is 104 cm³/mol. The van der Waals surface area contributed by atoms with Gasteiger partial charge in [0, 0.05) is 18.8 Å². The fourth-order valence-corrected chi connectivity index (χ4v) is 4.75. The SMILES string of the molecule is O=C(COC(=O)Cc1ccsc1)Nc1cccc(S(=O)(=O)N2CCOCC2)c1. The normalized spacial score (nSPS) is 15.1. The molecule has 0 saturated carbocycles. The van der Waals surface area contributed by atoms with E-state index in [0.717, 1.165) is 5.56 Å². The van der Waals surface area contributed by atoms with Crippen LogP contribution in [0.2, 0.25) is 0 Å². The number of rotatable bonds is 7. The monoisotopic (exact) mass is 424 g/mol. The molecule has 2 heterocycles. The van der Waals surface area contributed by atoms with Gasteiger partial charge in [0.05, 0.1) is 24.5 Å². The smallest absolute Gasteiger partial charge is 0.310 e. The first-order valence-corrected chi connectivity index (χ1v) is 11.0. The highest BCUT2D eigenvalue weighted by Crippen LogP contribution is 2.20. The van der Waals surface area contributed by atoms with Gasteiger partial charge in [-0.2, -0.15) is 15.6 Å². The van der Waals surface area contributed by atoms with Crippen molar-refractivity contribution in [2.75, 3.05) is 38.2 Å². The zero-order chi connectivity index (χ0) is 20.0. The zero-order valence-corrected chi connectivity index (χ0v) is 16.6. The molecule has 0 aliphatic carbocycles. The van der Waals surface area contributed by atoms with Crippen molar-refractivity contribution in [2.45, 2.75) is 11.3 Å². The number of benzene rings is 1. The molecule has 28 heavy (non-hydrogen) atoms. The lowest BCUT2D eigenvalue weighted by atomic mass is 10.2. The first-order valence-electron chi connectivity index (χ1n) is 8.60. The Morgan fingerprint density at radius 2 is 2.00 bits per heavy atom. The number of morpholine rings is 1. The van der Waals surface area contributed by atoms with Gasteiger partial charge in [0.15, 0.2) is 6.61 Å². The second-order valence-corrected chi connectivity index (χ2v) is 8.78. The molecule has 1 aliphatic heterocycles. The number of nitrogens with one attached hydrogen (secondary N) is 1. The summed E-state index contributed by atoms with van der Waals surface area (Å²) in [5.41, 5.74) is 1.14. The third-order valence-corrected chi connectivity index (χ3v) is 6.65. The van der Waals surface area contributed by atoms with E-state index < -0.39 is 28.5 Å². The highest BCUT2D eigenvalue weighted by Gasteiger charge is 2.26. The Morgan fingerprint density at radius 1 is 1.21 bits per heavy atom. The molecule has 0 unspecified atom stereocenters. The second-order valence-electron chi connectivity index (χ2n) is 6.06. The summed E-state index contributed by atoms with van der Waals surface area (Å²) in [7, 11) is -3.66. The highest BCUT2D eigenvalue weighted by atomic mass is 32.2. The molecule has 0 radical (unpaired) electrons. The molecule has 0 atom stereocenters. The maximum Gasteiger partial charge on any atom is 0.310 e. The molecule has 10 heteroatoms. The van der Waals surface area contributed by atoms with Gasteiger partial charge >= 0.3 is 5.97 Å². The molecule has 150 valence electrons. The Bertz CT molecular complexity index is 921. The molecule has 1 aromatic carbocycles. The predicted octanol–water partition coefficient (Wildman–Crippen LogP) is 1.49. The van der Waals surface area contributed by atoms with Crippen molar-refractivity contribution in [1.29, 1.82) is 0 Å². The number of hydrogen-bond donors (Lipinski definition) is 1. The molecule has 2 aromatic rings. The summed E-state index contributed by atoms with van der Waals surface area (Å²) in [6.45, 7) is 0.847. The van der Waals surface area contributed by atoms with Crippen LogP contribution in [0.5, 0.6) is 0 Å². The van der Waals surface area contributed by atoms with Gasteiger partial charge in [-0.3, -0.25) is 9.59 Å². The van der Waals surface area contributed by atoms with Crippen LogP contribution in [0.15, 0.2) is 46.0 Å². The van der Waals surface area contributed by atoms with E-state index in [1.165, 1.54) is 27.8 Å². The van der Waals surface area contributed by atoms with Crippen LogP contribution >= 0.6 is 11.3 Å². The highest BCUT2D eigenvalue weighted by molar-refractivity contribution is 7.89. The Labute approximate surface area is 167 Å². The third-order valence-electron chi connectivity index (χ3n) is 4.02. The fraction of sp³-hybridized carbons (Fsp3) is 0.333. The fourth-order valence-electron chi connectivity index (χ4n) is 2.62. The van der Waals surface area contributed by atoms with Gasteiger partial charge in [0.2, 0.25) is 10.0 Å². The number of carbonyl (C=O) groups excluding carboxylic acids is 2. The average Bonchev–Trinajstić information content (AvgIpc) is 3.20. The minimum Gasteiger partial charge on any atom is -0.455 e. The third kappa shape index (κ3) is 5.38. The molecule has 1 aromatic heterocycles. The molecule has 1 N–H and O–H groups in total. The van der Waals surface area contributed by atoms with E-state index >= 15 is 0 Å². The Morgan fingerprint density at radius 3 is 2.71 bits per heavy atom. The number of amides is 1. The topological polar surface area (TPSA) is 102 Å². The summed E-state index contributed by atoms with van der Waals surface area (Å²) in [4.78, 5) is 23.8. The van der Waals surface area contributed by atoms with E-state index in [9.17, 15) is 18.0 Å². The van der Waals surface area contributed by atoms with Crippen LogP contribution in [0.4, 0.5) is 5.69 Å². The molecular weight excluding hydrogens is 404 g/mol. The summed E-state index contributed by atoms with van der Waals surface area (Å²) < 4.78 is 36.8. The van der Waals surface area contributed by atoms with E-state index in [4.69, 9.17) is 9.47 Å². The lowest BCUT2D eigenvalue weighted by molar-refractivity contribution is -0.146. The van der Waals surface area contributed by atoms with Gasteiger partial charge < -0.3 is 14.8 Å². The summed E-state index contributed by atoms with van der Waals surface area (Å²) in [5.74, 6) is -1.04. The minimum atomic E-state index is -3.66. The number of sulfonamides is 1. The zero-order valence-electron chi connectivity index (χ0n) is 15.0. The number of esters is 1. The van der Waals surface area contributed by atoms with E-state index in [-0.39, 0.29) is 11.3 Å². The number of nitrogens with zero attached hydrogens (tertiary/aromatic N) is 1. The molecule has 1 fully saturated rings. The summed E-state index contributed by atoms with van der Waals surface area (Å²) in [6, 6.07) is 7.79. The van der Waals surface area contributed by atoms with Gasteiger partial charge in [-0.1, -0.05) is 6.07 Å². The number of carbonyl (C=O) groups is 2. The van der Waals surface area contributed by atoms with Gasteiger partial charge in [-0.15, -0.1) is 0 Å². The van der Waals surface area contributed by atoms with E-state index in [0.29, 0.717) is 32.0 Å². The summed E-state index contributed by atoms with van der Waals surface area (Å²) >= 11 is 1.47. The van der Waals surface area contributed by atoms with Crippen molar-refractivity contribution in [2.24, 2.45) is 0 Å². The van der Waals surface area contributed by atoms with Crippen LogP contribution in [0.3, 0.4) is 0 Å². The standard InChI is InChI=1S/C18H20N2O6S2/c21-17(12-26-18(22)10-14-4-9-27-13-14)19-15-2-1-3-16(11-15)28(23,24)20-5-7-25-8-6-20/h1-4,9,11,13H,5-8,10,12H2,(H,19,21). The van der Waals surface area contributed by atoms with Gasteiger partial charge in [0.25, 0.3) is 5.91 Å². The first-order chi connectivity index (χ1) is 13.4. The molecular formula is C18H20N2O6S2. The largest absolute Gasteiger partial charge is 0.455 e. The lowest BCUT2D eigenvalue weighted by Crippen LogP contribution is -2.40. The van der Waals surface area contributed by atoms with Gasteiger partial charge in [0.1, 0.15) is 0 Å². The van der Waals surface area contributed by atoms with Gasteiger partial charge in [-0.05, 0) is 40.6 Å². The van der Waals surface area contributed by atoms with Crippen molar-refractivity contribution >= 4 is 38.9 Å². The summed E-state index contributed by atoms with van der Waals surface area (Å²) in [5, 5.41) is 6.24. The molecule has 1 saturated heterocycles. The maximum absolute atomic E-state index is 12.7. The van der Waals surface area contributed by atoms with Crippen molar-refractivity contribution in [1.82, 2.24) is 4.31 Å². The number of hydrogen-bond acceptors (Lipinski definition) is 7. The first kappa shape index (κ1) is 20.5. The number of ether oxygens (including phenoxy) is 2. The lowest BCUT2D eigenvalue weighted by Gasteiger charge is -2.26. The maximum atomic E-state index is 12.7. The quantitative estimate of drug-likeness (QED) is 0.676. The van der Waals surface area contributed by atoms with E-state index in [2.05, 4.69) is 5.32 Å². The van der Waals surface area contributed by atoms with Crippen molar-refractivity contribution in [3.05, 3.63) is 46.7 Å². The summed E-state index contributed by atoms with van der Waals surface area (Å²) in [6.07, 6.45) is 0.101. The molecule has 1 aliphatic rings. The van der Waals surface area contributed by atoms with Crippen molar-refractivity contribution < 1.29 is 27.5 Å².